The van der Waals surface area contributed by atoms with Crippen molar-refractivity contribution in [2.45, 2.75) is 6.92 Å². The van der Waals surface area contributed by atoms with Gasteiger partial charge in [-0.25, -0.2) is 18.7 Å². The zero-order chi connectivity index (χ0) is 16.4. The Morgan fingerprint density at radius 2 is 1.96 bits per heavy atom. The number of anilines is 2. The normalized spacial score (nSPS) is 10.6. The van der Waals surface area contributed by atoms with Gasteiger partial charge < -0.3 is 10.3 Å². The second-order valence-electron chi connectivity index (χ2n) is 4.87. The van der Waals surface area contributed by atoms with Crippen LogP contribution in [-0.4, -0.2) is 15.0 Å². The van der Waals surface area contributed by atoms with Crippen molar-refractivity contribution in [1.82, 2.24) is 15.0 Å². The molecule has 0 bridgehead atoms. The van der Waals surface area contributed by atoms with Gasteiger partial charge in [0.1, 0.15) is 17.5 Å². The first-order chi connectivity index (χ1) is 11.0. The van der Waals surface area contributed by atoms with Gasteiger partial charge in [0.15, 0.2) is 11.6 Å². The lowest BCUT2D eigenvalue weighted by atomic mass is 10.1. The van der Waals surface area contributed by atoms with E-state index in [1.807, 2.05) is 0 Å². The number of aryl methyl sites for hydroxylation is 1. The molecular weight excluding hydrogens is 302 g/mol. The molecule has 0 fully saturated rings. The summed E-state index contributed by atoms with van der Waals surface area (Å²) < 4.78 is 27.0. The van der Waals surface area contributed by atoms with E-state index in [0.717, 1.165) is 6.07 Å². The molecule has 2 N–H and O–H groups in total. The number of aromatic amines is 1. The molecule has 0 atom stereocenters. The molecule has 0 aliphatic carbocycles. The summed E-state index contributed by atoms with van der Waals surface area (Å²) in [4.78, 5) is 22.2. The third-order valence-corrected chi connectivity index (χ3v) is 3.14. The summed E-state index contributed by atoms with van der Waals surface area (Å²) in [7, 11) is 0. The van der Waals surface area contributed by atoms with Gasteiger partial charge >= 0.3 is 0 Å². The van der Waals surface area contributed by atoms with Gasteiger partial charge in [-0.2, -0.15) is 0 Å². The molecule has 0 radical (unpaired) electrons. The number of pyridine rings is 1. The zero-order valence-electron chi connectivity index (χ0n) is 12.1. The lowest BCUT2D eigenvalue weighted by Gasteiger charge is -2.07. The minimum atomic E-state index is -0.915. The van der Waals surface area contributed by atoms with Crippen LogP contribution < -0.4 is 10.9 Å². The predicted molar refractivity (Wildman–Crippen MR) is 82.5 cm³/mol. The summed E-state index contributed by atoms with van der Waals surface area (Å²) in [6, 6.07) is 8.47. The van der Waals surface area contributed by atoms with Crippen LogP contribution in [0.1, 0.15) is 5.82 Å². The van der Waals surface area contributed by atoms with Crippen molar-refractivity contribution in [3.8, 4) is 11.1 Å². The van der Waals surface area contributed by atoms with Crippen LogP contribution in [-0.2, 0) is 0 Å². The molecule has 7 heteroatoms. The van der Waals surface area contributed by atoms with Crippen molar-refractivity contribution in [3.05, 3.63) is 70.4 Å². The number of benzene rings is 1. The molecule has 0 unspecified atom stereocenters. The molecule has 0 aliphatic heterocycles. The van der Waals surface area contributed by atoms with E-state index in [9.17, 15) is 13.6 Å². The van der Waals surface area contributed by atoms with Crippen molar-refractivity contribution in [2.75, 3.05) is 5.32 Å². The Balaban J connectivity index is 1.87. The van der Waals surface area contributed by atoms with Crippen LogP contribution in [0.2, 0.25) is 0 Å². The van der Waals surface area contributed by atoms with E-state index in [1.165, 1.54) is 24.4 Å². The average molecular weight is 314 g/mol. The Morgan fingerprint density at radius 3 is 2.65 bits per heavy atom. The average Bonchev–Trinajstić information content (AvgIpc) is 2.50. The lowest BCUT2D eigenvalue weighted by molar-refractivity contribution is 0.511. The molecule has 2 aromatic heterocycles. The molecular formula is C16H12F2N4O. The molecule has 3 rings (SSSR count). The monoisotopic (exact) mass is 314 g/mol. The predicted octanol–water partition coefficient (Wildman–Crippen LogP) is 3.16. The Bertz CT molecular complexity index is 907. The topological polar surface area (TPSA) is 70.7 Å². The molecule has 0 saturated heterocycles. The van der Waals surface area contributed by atoms with Gasteiger partial charge in [-0.3, -0.25) is 4.79 Å². The molecule has 0 spiro atoms. The zero-order valence-corrected chi connectivity index (χ0v) is 12.1. The number of hydrogen-bond donors (Lipinski definition) is 2. The number of halogens is 2. The first kappa shape index (κ1) is 14.8. The second kappa shape index (κ2) is 5.96. The molecule has 5 nitrogen and oxygen atoms in total. The maximum absolute atomic E-state index is 13.8. The van der Waals surface area contributed by atoms with E-state index in [2.05, 4.69) is 20.3 Å². The van der Waals surface area contributed by atoms with Gasteiger partial charge in [0.05, 0.1) is 0 Å². The fraction of sp³-hybridized carbons (Fsp3) is 0.0625. The Morgan fingerprint density at radius 1 is 1.13 bits per heavy atom. The first-order valence-corrected chi connectivity index (χ1v) is 6.78. The summed E-state index contributed by atoms with van der Waals surface area (Å²) in [5.74, 6) is -0.570. The van der Waals surface area contributed by atoms with Crippen LogP contribution in [0.4, 0.5) is 20.4 Å². The summed E-state index contributed by atoms with van der Waals surface area (Å²) in [6.45, 7) is 1.66. The highest BCUT2D eigenvalue weighted by molar-refractivity contribution is 5.65. The highest BCUT2D eigenvalue weighted by atomic mass is 19.2. The first-order valence-electron chi connectivity index (χ1n) is 6.78. The molecule has 3 aromatic rings. The second-order valence-corrected chi connectivity index (χ2v) is 4.87. The van der Waals surface area contributed by atoms with Crippen molar-refractivity contribution in [3.63, 3.8) is 0 Å². The van der Waals surface area contributed by atoms with Gasteiger partial charge in [0.25, 0.3) is 5.56 Å². The van der Waals surface area contributed by atoms with Crippen molar-refractivity contribution >= 4 is 11.6 Å². The minimum Gasteiger partial charge on any atom is -0.325 e. The van der Waals surface area contributed by atoms with Crippen LogP contribution in [0.25, 0.3) is 11.1 Å². The van der Waals surface area contributed by atoms with Gasteiger partial charge in [-0.15, -0.1) is 0 Å². The van der Waals surface area contributed by atoms with Crippen molar-refractivity contribution in [2.24, 2.45) is 0 Å². The largest absolute Gasteiger partial charge is 0.325 e. The molecule has 0 amide bonds. The standard InChI is InChI=1S/C16H12F2N4O/c1-9-20-14(7-15(23)21-9)22-13-6-5-10(8-19-13)11-3-2-4-12(17)16(11)18/h2-8H,1H3,(H2,19,20,21,22,23). The lowest BCUT2D eigenvalue weighted by Crippen LogP contribution is -2.10. The van der Waals surface area contributed by atoms with E-state index >= 15 is 0 Å². The smallest absolute Gasteiger partial charge is 0.252 e. The highest BCUT2D eigenvalue weighted by Gasteiger charge is 2.10. The Kier molecular flexibility index (Phi) is 3.84. The molecule has 116 valence electrons. The molecule has 1 aromatic carbocycles. The third kappa shape index (κ3) is 3.23. The van der Waals surface area contributed by atoms with E-state index in [0.29, 0.717) is 23.0 Å². The molecule has 0 saturated carbocycles. The number of nitrogens with zero attached hydrogens (tertiary/aromatic N) is 2. The molecule has 0 aliphatic rings. The minimum absolute atomic E-state index is 0.133. The SMILES string of the molecule is Cc1nc(Nc2ccc(-c3cccc(F)c3F)cn2)cc(=O)[nH]1. The van der Waals surface area contributed by atoms with Crippen molar-refractivity contribution < 1.29 is 8.78 Å². The van der Waals surface area contributed by atoms with Crippen LogP contribution >= 0.6 is 0 Å². The van der Waals surface area contributed by atoms with Gasteiger partial charge in [0.2, 0.25) is 0 Å². The Hall–Kier alpha value is -3.09. The van der Waals surface area contributed by atoms with E-state index < -0.39 is 11.6 Å². The number of H-pyrrole nitrogens is 1. The van der Waals surface area contributed by atoms with Crippen LogP contribution in [0, 0.1) is 18.6 Å². The quantitative estimate of drug-likeness (QED) is 0.779. The van der Waals surface area contributed by atoms with Crippen molar-refractivity contribution in [1.29, 1.82) is 0 Å². The molecule has 23 heavy (non-hydrogen) atoms. The third-order valence-electron chi connectivity index (χ3n) is 3.14. The van der Waals surface area contributed by atoms with E-state index in [-0.39, 0.29) is 11.1 Å². The van der Waals surface area contributed by atoms with Gasteiger partial charge in [-0.05, 0) is 25.1 Å². The van der Waals surface area contributed by atoms with Gasteiger partial charge in [-0.1, -0.05) is 12.1 Å². The van der Waals surface area contributed by atoms with E-state index in [1.54, 1.807) is 19.1 Å². The fourth-order valence-electron chi connectivity index (χ4n) is 2.13. The van der Waals surface area contributed by atoms with E-state index in [4.69, 9.17) is 0 Å². The summed E-state index contributed by atoms with van der Waals surface area (Å²) in [5, 5.41) is 2.88. The van der Waals surface area contributed by atoms with Gasteiger partial charge in [0, 0.05) is 23.4 Å². The maximum Gasteiger partial charge on any atom is 0.252 e. The number of hydrogen-bond acceptors (Lipinski definition) is 4. The van der Waals surface area contributed by atoms with Crippen LogP contribution in [0.15, 0.2) is 47.4 Å². The summed E-state index contributed by atoms with van der Waals surface area (Å²) >= 11 is 0. The fourth-order valence-corrected chi connectivity index (χ4v) is 2.13. The van der Waals surface area contributed by atoms with Crippen LogP contribution in [0.5, 0.6) is 0 Å². The van der Waals surface area contributed by atoms with Crippen LogP contribution in [0.3, 0.4) is 0 Å². The Labute approximate surface area is 130 Å². The summed E-state index contributed by atoms with van der Waals surface area (Å²) in [6.07, 6.45) is 1.42. The molecule has 2 heterocycles. The summed E-state index contributed by atoms with van der Waals surface area (Å²) in [5.41, 5.74) is 0.301. The number of nitrogens with one attached hydrogen (secondary N) is 2. The highest BCUT2D eigenvalue weighted by Crippen LogP contribution is 2.24. The number of aromatic nitrogens is 3. The number of rotatable bonds is 3. The maximum atomic E-state index is 13.8.